The van der Waals surface area contributed by atoms with Crippen LogP contribution in [0.25, 0.3) is 11.4 Å². The lowest BCUT2D eigenvalue weighted by molar-refractivity contribution is -0.169. The Morgan fingerprint density at radius 1 is 1.19 bits per heavy atom. The number of carbonyl (C=O) groups excluding carboxylic acids is 2. The van der Waals surface area contributed by atoms with Gasteiger partial charge in [-0.15, -0.1) is 0 Å². The zero-order valence-electron chi connectivity index (χ0n) is 11.5. The van der Waals surface area contributed by atoms with E-state index in [2.05, 4.69) is 4.98 Å². The molecule has 1 aliphatic rings. The van der Waals surface area contributed by atoms with Gasteiger partial charge in [0.25, 0.3) is 0 Å². The molecule has 7 nitrogen and oxygen atoms in total. The van der Waals surface area contributed by atoms with Crippen molar-refractivity contribution in [1.29, 1.82) is 0 Å². The van der Waals surface area contributed by atoms with Crippen molar-refractivity contribution < 1.29 is 23.9 Å². The standard InChI is InChI=1S/C14H12N2O5/c1-8-11-7-20-13(17)14(18)21-16(8)12(15-11)9-3-5-10(19-2)6-4-9/h3-6H,7H2,1-2H3. The molecule has 1 aromatic heterocycles. The van der Waals surface area contributed by atoms with Crippen molar-refractivity contribution in [2.75, 3.05) is 7.11 Å². The van der Waals surface area contributed by atoms with Gasteiger partial charge in [-0.25, -0.2) is 14.6 Å². The van der Waals surface area contributed by atoms with Gasteiger partial charge in [0.1, 0.15) is 18.1 Å². The van der Waals surface area contributed by atoms with Gasteiger partial charge < -0.3 is 14.3 Å². The molecular formula is C14H12N2O5. The Kier molecular flexibility index (Phi) is 3.09. The van der Waals surface area contributed by atoms with Gasteiger partial charge in [0.2, 0.25) is 0 Å². The number of nitrogens with zero attached hydrogens (tertiary/aromatic N) is 2. The first-order valence-corrected chi connectivity index (χ1v) is 6.22. The molecule has 0 saturated heterocycles. The third-order valence-electron chi connectivity index (χ3n) is 3.18. The van der Waals surface area contributed by atoms with Gasteiger partial charge in [0, 0.05) is 5.56 Å². The summed E-state index contributed by atoms with van der Waals surface area (Å²) in [6.07, 6.45) is 0. The van der Waals surface area contributed by atoms with E-state index >= 15 is 0 Å². The fourth-order valence-electron chi connectivity index (χ4n) is 2.01. The Bertz CT molecular complexity index is 718. The molecule has 1 aliphatic heterocycles. The number of hydrogen-bond acceptors (Lipinski definition) is 6. The summed E-state index contributed by atoms with van der Waals surface area (Å²) >= 11 is 0. The van der Waals surface area contributed by atoms with Crippen LogP contribution in [-0.4, -0.2) is 28.8 Å². The SMILES string of the molecule is COc1ccc(-c2nc3c(C)n2OC(=O)C(=O)OC3)cc1. The maximum atomic E-state index is 11.5. The van der Waals surface area contributed by atoms with E-state index in [-0.39, 0.29) is 6.61 Å². The highest BCUT2D eigenvalue weighted by Crippen LogP contribution is 2.25. The third-order valence-corrected chi connectivity index (χ3v) is 3.18. The van der Waals surface area contributed by atoms with Gasteiger partial charge in [0.05, 0.1) is 12.8 Å². The smallest absolute Gasteiger partial charge is 0.442 e. The van der Waals surface area contributed by atoms with E-state index in [0.29, 0.717) is 23.0 Å². The van der Waals surface area contributed by atoms with E-state index in [4.69, 9.17) is 14.3 Å². The number of methoxy groups -OCH3 is 1. The second-order valence-electron chi connectivity index (χ2n) is 4.45. The first kappa shape index (κ1) is 13.2. The third kappa shape index (κ3) is 2.22. The Morgan fingerprint density at radius 2 is 1.90 bits per heavy atom. The van der Waals surface area contributed by atoms with Crippen molar-refractivity contribution in [1.82, 2.24) is 9.71 Å². The predicted molar refractivity (Wildman–Crippen MR) is 70.3 cm³/mol. The van der Waals surface area contributed by atoms with Gasteiger partial charge in [0.15, 0.2) is 5.82 Å². The number of ether oxygens (including phenoxy) is 2. The van der Waals surface area contributed by atoms with Crippen LogP contribution < -0.4 is 9.57 Å². The molecule has 2 aromatic rings. The molecule has 21 heavy (non-hydrogen) atoms. The van der Waals surface area contributed by atoms with Crippen molar-refractivity contribution >= 4 is 11.9 Å². The first-order valence-electron chi connectivity index (χ1n) is 6.22. The summed E-state index contributed by atoms with van der Waals surface area (Å²) in [5.74, 6) is -0.974. The molecular weight excluding hydrogens is 276 g/mol. The van der Waals surface area contributed by atoms with E-state index in [1.54, 1.807) is 38.3 Å². The molecule has 0 N–H and O–H groups in total. The van der Waals surface area contributed by atoms with Gasteiger partial charge >= 0.3 is 11.9 Å². The first-order chi connectivity index (χ1) is 10.1. The van der Waals surface area contributed by atoms with E-state index in [9.17, 15) is 9.59 Å². The summed E-state index contributed by atoms with van der Waals surface area (Å²) < 4.78 is 11.1. The number of cyclic esters (lactones) is 1. The van der Waals surface area contributed by atoms with Crippen LogP contribution in [-0.2, 0) is 20.9 Å². The summed E-state index contributed by atoms with van der Waals surface area (Å²) in [6.45, 7) is 1.68. The van der Waals surface area contributed by atoms with Crippen molar-refractivity contribution in [3.8, 4) is 17.1 Å². The lowest BCUT2D eigenvalue weighted by Gasteiger charge is -2.11. The number of benzene rings is 1. The molecule has 0 fully saturated rings. The molecule has 0 unspecified atom stereocenters. The van der Waals surface area contributed by atoms with Crippen LogP contribution in [0, 0.1) is 6.92 Å². The fraction of sp³-hybridized carbons (Fsp3) is 0.214. The van der Waals surface area contributed by atoms with Crippen molar-refractivity contribution in [3.05, 3.63) is 35.7 Å². The van der Waals surface area contributed by atoms with Gasteiger partial charge in [-0.3, -0.25) is 0 Å². The predicted octanol–water partition coefficient (Wildman–Crippen LogP) is 0.879. The summed E-state index contributed by atoms with van der Waals surface area (Å²) in [6, 6.07) is 7.11. The van der Waals surface area contributed by atoms with Gasteiger partial charge in [-0.05, 0) is 31.2 Å². The minimum absolute atomic E-state index is 0.0596. The molecule has 2 heterocycles. The normalized spacial score (nSPS) is 14.0. The Morgan fingerprint density at radius 3 is 2.57 bits per heavy atom. The van der Waals surface area contributed by atoms with Crippen molar-refractivity contribution in [2.45, 2.75) is 13.5 Å². The summed E-state index contributed by atoms with van der Waals surface area (Å²) in [5.41, 5.74) is 1.88. The van der Waals surface area contributed by atoms with Crippen LogP contribution in [0.2, 0.25) is 0 Å². The minimum Gasteiger partial charge on any atom is -0.497 e. The molecule has 3 rings (SSSR count). The second-order valence-corrected chi connectivity index (χ2v) is 4.45. The molecule has 0 amide bonds. The Labute approximate surface area is 120 Å². The van der Waals surface area contributed by atoms with Crippen molar-refractivity contribution in [3.63, 3.8) is 0 Å². The number of esters is 1. The van der Waals surface area contributed by atoms with Crippen LogP contribution in [0.5, 0.6) is 5.75 Å². The number of aromatic nitrogens is 2. The van der Waals surface area contributed by atoms with Crippen LogP contribution in [0.15, 0.2) is 24.3 Å². The van der Waals surface area contributed by atoms with Crippen LogP contribution >= 0.6 is 0 Å². The highest BCUT2D eigenvalue weighted by atomic mass is 16.7. The monoisotopic (exact) mass is 288 g/mol. The molecule has 0 spiro atoms. The quantitative estimate of drug-likeness (QED) is 0.603. The topological polar surface area (TPSA) is 79.7 Å². The number of fused-ring (bicyclic) bond motifs is 2. The van der Waals surface area contributed by atoms with E-state index in [0.717, 1.165) is 5.56 Å². The number of imidazole rings is 1. The van der Waals surface area contributed by atoms with Crippen molar-refractivity contribution in [2.24, 2.45) is 0 Å². The zero-order chi connectivity index (χ0) is 15.0. The number of rotatable bonds is 2. The molecule has 2 bridgehead atoms. The van der Waals surface area contributed by atoms with Gasteiger partial charge in [-0.1, -0.05) is 0 Å². The van der Waals surface area contributed by atoms with E-state index in [1.807, 2.05) is 0 Å². The largest absolute Gasteiger partial charge is 0.497 e. The molecule has 0 saturated carbocycles. The Hall–Kier alpha value is -2.83. The highest BCUT2D eigenvalue weighted by molar-refractivity contribution is 6.29. The van der Waals surface area contributed by atoms with Crippen LogP contribution in [0.4, 0.5) is 0 Å². The van der Waals surface area contributed by atoms with E-state index in [1.165, 1.54) is 4.73 Å². The maximum absolute atomic E-state index is 11.5. The summed E-state index contributed by atoms with van der Waals surface area (Å²) in [4.78, 5) is 32.3. The minimum atomic E-state index is -1.07. The fourth-order valence-corrected chi connectivity index (χ4v) is 2.01. The molecule has 0 aliphatic carbocycles. The average molecular weight is 288 g/mol. The molecule has 0 radical (unpaired) electrons. The van der Waals surface area contributed by atoms with Crippen LogP contribution in [0.3, 0.4) is 0 Å². The highest BCUT2D eigenvalue weighted by Gasteiger charge is 2.28. The summed E-state index contributed by atoms with van der Waals surface area (Å²) in [5, 5.41) is 0. The summed E-state index contributed by atoms with van der Waals surface area (Å²) in [7, 11) is 1.57. The molecule has 1 aromatic carbocycles. The Balaban J connectivity index is 2.08. The lowest BCUT2D eigenvalue weighted by Crippen LogP contribution is -2.31. The second kappa shape index (κ2) is 4.93. The molecule has 7 heteroatoms. The van der Waals surface area contributed by atoms with Gasteiger partial charge in [-0.2, -0.15) is 4.73 Å². The maximum Gasteiger partial charge on any atom is 0.442 e. The zero-order valence-corrected chi connectivity index (χ0v) is 11.5. The van der Waals surface area contributed by atoms with Crippen LogP contribution in [0.1, 0.15) is 11.4 Å². The number of hydrogen-bond donors (Lipinski definition) is 0. The molecule has 0 atom stereocenters. The lowest BCUT2D eigenvalue weighted by atomic mass is 10.2. The molecule has 108 valence electrons. The number of carbonyl (C=O) groups is 2. The average Bonchev–Trinajstić information content (AvgIpc) is 2.83. The van der Waals surface area contributed by atoms with E-state index < -0.39 is 11.9 Å².